The SMILES string of the molecule is CC1CCCCC1NC(=O)COC(=O)c1ccc(-c2ccc(O)cc2)cc1. The molecule has 2 aromatic rings. The van der Waals surface area contributed by atoms with Crippen molar-refractivity contribution in [3.8, 4) is 16.9 Å². The predicted octanol–water partition coefficient (Wildman–Crippen LogP) is 3.91. The van der Waals surface area contributed by atoms with E-state index in [1.165, 1.54) is 6.42 Å². The van der Waals surface area contributed by atoms with Gasteiger partial charge in [-0.3, -0.25) is 4.79 Å². The van der Waals surface area contributed by atoms with Gasteiger partial charge >= 0.3 is 5.97 Å². The third-order valence-corrected chi connectivity index (χ3v) is 5.11. The van der Waals surface area contributed by atoms with E-state index in [9.17, 15) is 14.7 Å². The van der Waals surface area contributed by atoms with E-state index in [0.717, 1.165) is 30.4 Å². The van der Waals surface area contributed by atoms with Crippen molar-refractivity contribution in [2.24, 2.45) is 5.92 Å². The fraction of sp³-hybridized carbons (Fsp3) is 0.364. The number of nitrogens with one attached hydrogen (secondary N) is 1. The number of rotatable bonds is 5. The molecule has 1 amide bonds. The van der Waals surface area contributed by atoms with Gasteiger partial charge in [-0.05, 0) is 54.2 Å². The maximum atomic E-state index is 12.2. The summed E-state index contributed by atoms with van der Waals surface area (Å²) < 4.78 is 5.14. The number of amides is 1. The summed E-state index contributed by atoms with van der Waals surface area (Å²) in [4.78, 5) is 24.2. The highest BCUT2D eigenvalue weighted by atomic mass is 16.5. The average Bonchev–Trinajstić information content (AvgIpc) is 2.69. The predicted molar refractivity (Wildman–Crippen MR) is 103 cm³/mol. The molecule has 0 heterocycles. The van der Waals surface area contributed by atoms with Gasteiger partial charge in [0.15, 0.2) is 6.61 Å². The highest BCUT2D eigenvalue weighted by Crippen LogP contribution is 2.24. The second kappa shape index (κ2) is 8.71. The summed E-state index contributed by atoms with van der Waals surface area (Å²) in [5.41, 5.74) is 2.26. The van der Waals surface area contributed by atoms with Crippen molar-refractivity contribution < 1.29 is 19.4 Å². The number of carbonyl (C=O) groups is 2. The smallest absolute Gasteiger partial charge is 0.338 e. The molecule has 5 nitrogen and oxygen atoms in total. The molecule has 142 valence electrons. The maximum absolute atomic E-state index is 12.2. The van der Waals surface area contributed by atoms with Crippen LogP contribution < -0.4 is 5.32 Å². The number of hydrogen-bond acceptors (Lipinski definition) is 4. The summed E-state index contributed by atoms with van der Waals surface area (Å²) in [5, 5.41) is 12.3. The number of carbonyl (C=O) groups excluding carboxylic acids is 2. The first-order valence-electron chi connectivity index (χ1n) is 9.39. The Balaban J connectivity index is 1.52. The van der Waals surface area contributed by atoms with Crippen LogP contribution in [-0.4, -0.2) is 29.6 Å². The van der Waals surface area contributed by atoms with Crippen molar-refractivity contribution in [3.05, 3.63) is 54.1 Å². The van der Waals surface area contributed by atoms with Crippen LogP contribution in [0.3, 0.4) is 0 Å². The van der Waals surface area contributed by atoms with Gasteiger partial charge in [-0.15, -0.1) is 0 Å². The minimum Gasteiger partial charge on any atom is -0.508 e. The van der Waals surface area contributed by atoms with Crippen molar-refractivity contribution in [2.75, 3.05) is 6.61 Å². The standard InChI is InChI=1S/C22H25NO4/c1-15-4-2-3-5-20(15)23-21(25)14-27-22(26)18-8-6-16(7-9-18)17-10-12-19(24)13-11-17/h6-13,15,20,24H,2-5,14H2,1H3,(H,23,25). The van der Waals surface area contributed by atoms with Crippen LogP contribution in [0.25, 0.3) is 11.1 Å². The van der Waals surface area contributed by atoms with Gasteiger partial charge in [0.1, 0.15) is 5.75 Å². The molecule has 2 N–H and O–H groups in total. The third kappa shape index (κ3) is 5.09. The highest BCUT2D eigenvalue weighted by Gasteiger charge is 2.23. The number of hydrogen-bond donors (Lipinski definition) is 2. The van der Waals surface area contributed by atoms with E-state index < -0.39 is 5.97 Å². The lowest BCUT2D eigenvalue weighted by Crippen LogP contribution is -2.42. The first-order valence-corrected chi connectivity index (χ1v) is 9.39. The number of aromatic hydroxyl groups is 1. The average molecular weight is 367 g/mol. The second-order valence-electron chi connectivity index (χ2n) is 7.14. The molecule has 0 saturated heterocycles. The molecule has 5 heteroatoms. The molecule has 3 rings (SSSR count). The van der Waals surface area contributed by atoms with Gasteiger partial charge in [-0.25, -0.2) is 4.79 Å². The molecule has 0 bridgehead atoms. The Kier molecular flexibility index (Phi) is 6.12. The quantitative estimate of drug-likeness (QED) is 0.786. The Hall–Kier alpha value is -2.82. The number of esters is 1. The van der Waals surface area contributed by atoms with Crippen molar-refractivity contribution >= 4 is 11.9 Å². The van der Waals surface area contributed by atoms with Crippen molar-refractivity contribution in [1.82, 2.24) is 5.32 Å². The van der Waals surface area contributed by atoms with Gasteiger partial charge in [0.2, 0.25) is 0 Å². The summed E-state index contributed by atoms with van der Waals surface area (Å²) in [6, 6.07) is 14.0. The fourth-order valence-electron chi connectivity index (χ4n) is 3.45. The van der Waals surface area contributed by atoms with E-state index in [4.69, 9.17) is 4.74 Å². The normalized spacial score (nSPS) is 19.3. The largest absolute Gasteiger partial charge is 0.508 e. The van der Waals surface area contributed by atoms with Crippen molar-refractivity contribution in [3.63, 3.8) is 0 Å². The summed E-state index contributed by atoms with van der Waals surface area (Å²) in [5.74, 6) is -0.0902. The first-order chi connectivity index (χ1) is 13.0. The summed E-state index contributed by atoms with van der Waals surface area (Å²) in [6.07, 6.45) is 4.45. The summed E-state index contributed by atoms with van der Waals surface area (Å²) in [6.45, 7) is 1.88. The third-order valence-electron chi connectivity index (χ3n) is 5.11. The van der Waals surface area contributed by atoms with Gasteiger partial charge in [0.25, 0.3) is 5.91 Å². The van der Waals surface area contributed by atoms with Crippen LogP contribution in [0.2, 0.25) is 0 Å². The van der Waals surface area contributed by atoms with Crippen LogP contribution in [0.5, 0.6) is 5.75 Å². The Morgan fingerprint density at radius 1 is 1.00 bits per heavy atom. The van der Waals surface area contributed by atoms with Gasteiger partial charge in [0, 0.05) is 6.04 Å². The molecule has 27 heavy (non-hydrogen) atoms. The zero-order valence-corrected chi connectivity index (χ0v) is 15.5. The number of phenolic OH excluding ortho intramolecular Hbond substituents is 1. The first kappa shape index (κ1) is 19.0. The minimum atomic E-state index is -0.515. The number of phenols is 1. The number of ether oxygens (including phenoxy) is 1. The monoisotopic (exact) mass is 367 g/mol. The van der Waals surface area contributed by atoms with E-state index in [-0.39, 0.29) is 24.3 Å². The maximum Gasteiger partial charge on any atom is 0.338 e. The van der Waals surface area contributed by atoms with Crippen LogP contribution in [-0.2, 0) is 9.53 Å². The molecule has 2 atom stereocenters. The van der Waals surface area contributed by atoms with E-state index in [0.29, 0.717) is 11.5 Å². The van der Waals surface area contributed by atoms with Crippen LogP contribution in [0.15, 0.2) is 48.5 Å². The molecule has 0 aliphatic heterocycles. The molecule has 1 aliphatic rings. The van der Waals surface area contributed by atoms with Crippen LogP contribution in [0, 0.1) is 5.92 Å². The summed E-state index contributed by atoms with van der Waals surface area (Å²) >= 11 is 0. The van der Waals surface area contributed by atoms with E-state index in [2.05, 4.69) is 12.2 Å². The van der Waals surface area contributed by atoms with Crippen LogP contribution in [0.4, 0.5) is 0 Å². The molecule has 0 aromatic heterocycles. The zero-order chi connectivity index (χ0) is 19.2. The Morgan fingerprint density at radius 3 is 2.22 bits per heavy atom. The van der Waals surface area contributed by atoms with E-state index in [1.54, 1.807) is 36.4 Å². The van der Waals surface area contributed by atoms with Crippen LogP contribution >= 0.6 is 0 Å². The van der Waals surface area contributed by atoms with E-state index in [1.807, 2.05) is 12.1 Å². The molecule has 1 aliphatic carbocycles. The second-order valence-corrected chi connectivity index (χ2v) is 7.14. The Labute approximate surface area is 159 Å². The molecule has 0 spiro atoms. The molecule has 2 aromatic carbocycles. The number of benzene rings is 2. The molecule has 1 fully saturated rings. The molecule has 0 radical (unpaired) electrons. The van der Waals surface area contributed by atoms with Crippen LogP contribution in [0.1, 0.15) is 43.0 Å². The van der Waals surface area contributed by atoms with Crippen molar-refractivity contribution in [2.45, 2.75) is 38.6 Å². The fourth-order valence-corrected chi connectivity index (χ4v) is 3.45. The molecular weight excluding hydrogens is 342 g/mol. The van der Waals surface area contributed by atoms with Crippen molar-refractivity contribution in [1.29, 1.82) is 0 Å². The molecule has 2 unspecified atom stereocenters. The zero-order valence-electron chi connectivity index (χ0n) is 15.5. The summed E-state index contributed by atoms with van der Waals surface area (Å²) in [7, 11) is 0. The lowest BCUT2D eigenvalue weighted by molar-refractivity contribution is -0.125. The van der Waals surface area contributed by atoms with Gasteiger partial charge in [-0.2, -0.15) is 0 Å². The topological polar surface area (TPSA) is 75.6 Å². The Bertz CT molecular complexity index is 783. The van der Waals surface area contributed by atoms with Gasteiger partial charge in [-0.1, -0.05) is 44.0 Å². The molecule has 1 saturated carbocycles. The molecular formula is C22H25NO4. The Morgan fingerprint density at radius 2 is 1.59 bits per heavy atom. The lowest BCUT2D eigenvalue weighted by Gasteiger charge is -2.29. The van der Waals surface area contributed by atoms with Gasteiger partial charge in [0.05, 0.1) is 5.56 Å². The van der Waals surface area contributed by atoms with E-state index >= 15 is 0 Å². The minimum absolute atomic E-state index is 0.176. The lowest BCUT2D eigenvalue weighted by atomic mass is 9.86. The van der Waals surface area contributed by atoms with Gasteiger partial charge < -0.3 is 15.2 Å². The highest BCUT2D eigenvalue weighted by molar-refractivity contribution is 5.91.